The number of rotatable bonds is 2. The average molecular weight is 274 g/mol. The molecule has 1 aliphatic rings. The number of amides is 1. The van der Waals surface area contributed by atoms with Crippen LogP contribution in [0.2, 0.25) is 0 Å². The molecule has 0 fully saturated rings. The fourth-order valence-electron chi connectivity index (χ4n) is 3.57. The molecule has 3 nitrogen and oxygen atoms in total. The Morgan fingerprint density at radius 3 is 2.65 bits per heavy atom. The van der Waals surface area contributed by atoms with Crippen LogP contribution in [0.3, 0.4) is 0 Å². The van der Waals surface area contributed by atoms with E-state index < -0.39 is 0 Å². The summed E-state index contributed by atoms with van der Waals surface area (Å²) in [7, 11) is 0. The second-order valence-electron chi connectivity index (χ2n) is 6.57. The van der Waals surface area contributed by atoms with Gasteiger partial charge in [0.2, 0.25) is 5.91 Å². The molecule has 0 saturated heterocycles. The lowest BCUT2D eigenvalue weighted by Crippen LogP contribution is -2.48. The molecule has 1 aromatic carbocycles. The van der Waals surface area contributed by atoms with Gasteiger partial charge in [-0.05, 0) is 57.2 Å². The second kappa shape index (κ2) is 5.12. The first-order valence-corrected chi connectivity index (χ1v) is 7.46. The number of nitrogens with zero attached hydrogens (tertiary/aromatic N) is 1. The molecule has 1 aliphatic heterocycles. The molecule has 110 valence electrons. The Labute approximate surface area is 122 Å². The van der Waals surface area contributed by atoms with E-state index in [9.17, 15) is 4.79 Å². The standard InChI is InChI=1S/C17H26N2O/c1-7-19-16-9-15(18-13(4)20)11(2)8-14(16)12(3)10-17(19,5)6/h8-9,12H,7,10H2,1-6H3,(H,18,20). The lowest BCUT2D eigenvalue weighted by molar-refractivity contribution is -0.114. The van der Waals surface area contributed by atoms with Crippen LogP contribution in [0, 0.1) is 6.92 Å². The van der Waals surface area contributed by atoms with Gasteiger partial charge in [-0.3, -0.25) is 4.79 Å². The first-order chi connectivity index (χ1) is 9.26. The number of anilines is 2. The van der Waals surface area contributed by atoms with Crippen LogP contribution >= 0.6 is 0 Å². The predicted octanol–water partition coefficient (Wildman–Crippen LogP) is 4.07. The van der Waals surface area contributed by atoms with E-state index in [-0.39, 0.29) is 11.4 Å². The normalized spacial score (nSPS) is 20.5. The zero-order valence-electron chi connectivity index (χ0n) is 13.5. The van der Waals surface area contributed by atoms with Gasteiger partial charge < -0.3 is 10.2 Å². The topological polar surface area (TPSA) is 32.3 Å². The van der Waals surface area contributed by atoms with Crippen LogP contribution in [-0.2, 0) is 4.79 Å². The molecule has 3 heteroatoms. The average Bonchev–Trinajstić information content (AvgIpc) is 2.30. The minimum absolute atomic E-state index is 0.0146. The van der Waals surface area contributed by atoms with E-state index in [0.29, 0.717) is 5.92 Å². The van der Waals surface area contributed by atoms with Crippen molar-refractivity contribution < 1.29 is 4.79 Å². The van der Waals surface area contributed by atoms with E-state index in [1.807, 2.05) is 0 Å². The van der Waals surface area contributed by atoms with E-state index in [1.165, 1.54) is 11.3 Å². The summed E-state index contributed by atoms with van der Waals surface area (Å²) in [6.07, 6.45) is 1.16. The fourth-order valence-corrected chi connectivity index (χ4v) is 3.57. The number of carbonyl (C=O) groups is 1. The van der Waals surface area contributed by atoms with Gasteiger partial charge in [0.1, 0.15) is 0 Å². The molecule has 20 heavy (non-hydrogen) atoms. The minimum atomic E-state index is -0.0146. The Balaban J connectivity index is 2.56. The van der Waals surface area contributed by atoms with Gasteiger partial charge in [-0.1, -0.05) is 13.0 Å². The van der Waals surface area contributed by atoms with Crippen LogP contribution in [0.25, 0.3) is 0 Å². The second-order valence-corrected chi connectivity index (χ2v) is 6.57. The van der Waals surface area contributed by atoms with Crippen molar-refractivity contribution in [2.24, 2.45) is 0 Å². The molecule has 0 spiro atoms. The molecule has 1 N–H and O–H groups in total. The number of carbonyl (C=O) groups excluding carboxylic acids is 1. The largest absolute Gasteiger partial charge is 0.366 e. The maximum Gasteiger partial charge on any atom is 0.221 e. The Bertz CT molecular complexity index is 534. The molecular weight excluding hydrogens is 248 g/mol. The van der Waals surface area contributed by atoms with Crippen molar-refractivity contribution in [3.05, 3.63) is 23.3 Å². The molecule has 0 saturated carbocycles. The van der Waals surface area contributed by atoms with E-state index >= 15 is 0 Å². The summed E-state index contributed by atoms with van der Waals surface area (Å²) in [6.45, 7) is 13.7. The molecule has 1 unspecified atom stereocenters. The van der Waals surface area contributed by atoms with Gasteiger partial charge >= 0.3 is 0 Å². The number of aryl methyl sites for hydroxylation is 1. The number of hydrogen-bond acceptors (Lipinski definition) is 2. The highest BCUT2D eigenvalue weighted by Gasteiger charge is 2.35. The number of benzene rings is 1. The predicted molar refractivity (Wildman–Crippen MR) is 85.6 cm³/mol. The van der Waals surface area contributed by atoms with Crippen molar-refractivity contribution in [1.29, 1.82) is 0 Å². The summed E-state index contributed by atoms with van der Waals surface area (Å²) in [4.78, 5) is 13.8. The molecule has 0 radical (unpaired) electrons. The van der Waals surface area contributed by atoms with Gasteiger partial charge in [-0.15, -0.1) is 0 Å². The zero-order valence-corrected chi connectivity index (χ0v) is 13.5. The quantitative estimate of drug-likeness (QED) is 0.882. The highest BCUT2D eigenvalue weighted by atomic mass is 16.1. The molecule has 2 rings (SSSR count). The van der Waals surface area contributed by atoms with Crippen LogP contribution in [0.1, 0.15) is 58.1 Å². The SMILES string of the molecule is CCN1c2cc(NC(C)=O)c(C)cc2C(C)CC1(C)C. The van der Waals surface area contributed by atoms with E-state index in [4.69, 9.17) is 0 Å². The Kier molecular flexibility index (Phi) is 3.81. The van der Waals surface area contributed by atoms with E-state index in [0.717, 1.165) is 24.2 Å². The van der Waals surface area contributed by atoms with Gasteiger partial charge in [-0.25, -0.2) is 0 Å². The first-order valence-electron chi connectivity index (χ1n) is 7.46. The lowest BCUT2D eigenvalue weighted by atomic mass is 9.79. The van der Waals surface area contributed by atoms with Crippen LogP contribution < -0.4 is 10.2 Å². The molecule has 1 amide bonds. The smallest absolute Gasteiger partial charge is 0.221 e. The van der Waals surface area contributed by atoms with Crippen molar-refractivity contribution in [3.8, 4) is 0 Å². The molecule has 0 aliphatic carbocycles. The van der Waals surface area contributed by atoms with Crippen molar-refractivity contribution in [1.82, 2.24) is 0 Å². The highest BCUT2D eigenvalue weighted by Crippen LogP contribution is 2.44. The van der Waals surface area contributed by atoms with Crippen molar-refractivity contribution in [2.75, 3.05) is 16.8 Å². The third kappa shape index (κ3) is 2.54. The van der Waals surface area contributed by atoms with Gasteiger partial charge in [0, 0.05) is 30.4 Å². The van der Waals surface area contributed by atoms with Crippen molar-refractivity contribution >= 4 is 17.3 Å². The van der Waals surface area contributed by atoms with Crippen LogP contribution in [0.4, 0.5) is 11.4 Å². The number of fused-ring (bicyclic) bond motifs is 1. The lowest BCUT2D eigenvalue weighted by Gasteiger charge is -2.47. The van der Waals surface area contributed by atoms with E-state index in [1.54, 1.807) is 6.92 Å². The maximum absolute atomic E-state index is 11.4. The molecule has 1 aromatic rings. The summed E-state index contributed by atoms with van der Waals surface area (Å²) in [5.74, 6) is 0.534. The van der Waals surface area contributed by atoms with Crippen LogP contribution in [0.15, 0.2) is 12.1 Å². The highest BCUT2D eigenvalue weighted by molar-refractivity contribution is 5.90. The monoisotopic (exact) mass is 274 g/mol. The van der Waals surface area contributed by atoms with Gasteiger partial charge in [0.25, 0.3) is 0 Å². The molecule has 1 atom stereocenters. The molecular formula is C17H26N2O. The third-order valence-electron chi connectivity index (χ3n) is 4.36. The van der Waals surface area contributed by atoms with Gasteiger partial charge in [0.05, 0.1) is 0 Å². The summed E-state index contributed by atoms with van der Waals surface area (Å²) in [5.41, 5.74) is 4.90. The Morgan fingerprint density at radius 1 is 1.45 bits per heavy atom. The van der Waals surface area contributed by atoms with Gasteiger partial charge in [-0.2, -0.15) is 0 Å². The molecule has 0 aromatic heterocycles. The van der Waals surface area contributed by atoms with Crippen molar-refractivity contribution in [2.45, 2.75) is 59.4 Å². The number of nitrogens with one attached hydrogen (secondary N) is 1. The van der Waals surface area contributed by atoms with Crippen LogP contribution in [0.5, 0.6) is 0 Å². The third-order valence-corrected chi connectivity index (χ3v) is 4.36. The summed E-state index contributed by atoms with van der Waals surface area (Å²) >= 11 is 0. The van der Waals surface area contributed by atoms with Crippen LogP contribution in [-0.4, -0.2) is 18.0 Å². The molecule has 1 heterocycles. The zero-order chi connectivity index (χ0) is 15.1. The Hall–Kier alpha value is -1.51. The summed E-state index contributed by atoms with van der Waals surface area (Å²) < 4.78 is 0. The molecule has 0 bridgehead atoms. The minimum Gasteiger partial charge on any atom is -0.366 e. The Morgan fingerprint density at radius 2 is 2.10 bits per heavy atom. The van der Waals surface area contributed by atoms with E-state index in [2.05, 4.69) is 57.0 Å². The first kappa shape index (κ1) is 14.9. The van der Waals surface area contributed by atoms with Gasteiger partial charge in [0.15, 0.2) is 0 Å². The van der Waals surface area contributed by atoms with Crippen molar-refractivity contribution in [3.63, 3.8) is 0 Å². The maximum atomic E-state index is 11.4. The summed E-state index contributed by atoms with van der Waals surface area (Å²) in [6, 6.07) is 4.39. The summed E-state index contributed by atoms with van der Waals surface area (Å²) in [5, 5.41) is 2.94. The number of hydrogen-bond donors (Lipinski definition) is 1. The fraction of sp³-hybridized carbons (Fsp3) is 0.588.